The molecule has 0 aromatic carbocycles. The van der Waals surface area contributed by atoms with E-state index < -0.39 is 0 Å². The van der Waals surface area contributed by atoms with Gasteiger partial charge in [0.05, 0.1) is 19.3 Å². The highest BCUT2D eigenvalue weighted by Gasteiger charge is 2.19. The predicted octanol–water partition coefficient (Wildman–Crippen LogP) is -0.143. The Morgan fingerprint density at radius 2 is 2.44 bits per heavy atom. The Bertz CT molecular complexity index is 329. The number of nitrogens with zero attached hydrogens (tertiary/aromatic N) is 2. The van der Waals surface area contributed by atoms with Crippen LogP contribution in [0.15, 0.2) is 18.3 Å². The van der Waals surface area contributed by atoms with Crippen molar-refractivity contribution in [3.05, 3.63) is 23.9 Å². The fraction of sp³-hybridized carbons (Fsp3) is 0.545. The van der Waals surface area contributed by atoms with Crippen LogP contribution in [0.25, 0.3) is 0 Å². The molecule has 0 spiro atoms. The molecule has 0 saturated carbocycles. The maximum absolute atomic E-state index is 9.03. The number of hydrogen-bond donors (Lipinski definition) is 2. The molecule has 5 heteroatoms. The summed E-state index contributed by atoms with van der Waals surface area (Å²) in [5, 5.41) is 9.03. The van der Waals surface area contributed by atoms with E-state index >= 15 is 0 Å². The second-order valence-corrected chi connectivity index (χ2v) is 4.00. The average Bonchev–Trinajstić information content (AvgIpc) is 2.32. The molecule has 1 fully saturated rings. The first-order valence-corrected chi connectivity index (χ1v) is 5.43. The van der Waals surface area contributed by atoms with E-state index in [1.807, 2.05) is 6.07 Å². The summed E-state index contributed by atoms with van der Waals surface area (Å²) in [7, 11) is 0. The van der Waals surface area contributed by atoms with Gasteiger partial charge in [-0.25, -0.2) is 4.98 Å². The van der Waals surface area contributed by atoms with Crippen LogP contribution in [0, 0.1) is 0 Å². The van der Waals surface area contributed by atoms with Crippen LogP contribution >= 0.6 is 0 Å². The smallest absolute Gasteiger partial charge is 0.123 e. The number of nitrogen functional groups attached to an aromatic ring is 1. The van der Waals surface area contributed by atoms with Gasteiger partial charge in [0.2, 0.25) is 0 Å². The van der Waals surface area contributed by atoms with Crippen molar-refractivity contribution < 1.29 is 9.84 Å². The number of aliphatic hydroxyl groups is 1. The van der Waals surface area contributed by atoms with Crippen molar-refractivity contribution in [2.45, 2.75) is 12.6 Å². The molecule has 3 N–H and O–H groups in total. The van der Waals surface area contributed by atoms with Crippen molar-refractivity contribution in [3.8, 4) is 0 Å². The molecule has 1 aliphatic heterocycles. The number of nitrogens with two attached hydrogens (primary N) is 1. The van der Waals surface area contributed by atoms with Crippen LogP contribution in [-0.4, -0.2) is 47.4 Å². The molecule has 0 radical (unpaired) electrons. The summed E-state index contributed by atoms with van der Waals surface area (Å²) >= 11 is 0. The third kappa shape index (κ3) is 2.91. The molecule has 1 aromatic heterocycles. The summed E-state index contributed by atoms with van der Waals surface area (Å²) in [6.45, 7) is 3.24. The molecule has 1 aromatic rings. The van der Waals surface area contributed by atoms with Crippen LogP contribution in [-0.2, 0) is 11.3 Å². The van der Waals surface area contributed by atoms with Gasteiger partial charge in [-0.3, -0.25) is 4.90 Å². The Balaban J connectivity index is 1.91. The summed E-state index contributed by atoms with van der Waals surface area (Å²) in [5.74, 6) is 0.541. The highest BCUT2D eigenvalue weighted by molar-refractivity contribution is 5.29. The minimum Gasteiger partial charge on any atom is -0.394 e. The van der Waals surface area contributed by atoms with Crippen LogP contribution in [0.4, 0.5) is 5.82 Å². The van der Waals surface area contributed by atoms with Gasteiger partial charge in [0.1, 0.15) is 5.82 Å². The van der Waals surface area contributed by atoms with Gasteiger partial charge < -0.3 is 15.6 Å². The number of hydrogen-bond acceptors (Lipinski definition) is 5. The van der Waals surface area contributed by atoms with Crippen molar-refractivity contribution in [2.75, 3.05) is 32.0 Å². The zero-order valence-electron chi connectivity index (χ0n) is 9.17. The molecule has 2 heterocycles. The van der Waals surface area contributed by atoms with E-state index in [0.29, 0.717) is 12.4 Å². The molecule has 1 aliphatic rings. The largest absolute Gasteiger partial charge is 0.394 e. The van der Waals surface area contributed by atoms with Gasteiger partial charge in [-0.1, -0.05) is 6.07 Å². The van der Waals surface area contributed by atoms with E-state index in [4.69, 9.17) is 15.6 Å². The predicted molar refractivity (Wildman–Crippen MR) is 60.8 cm³/mol. The molecule has 16 heavy (non-hydrogen) atoms. The van der Waals surface area contributed by atoms with Crippen molar-refractivity contribution in [1.82, 2.24) is 9.88 Å². The molecule has 5 nitrogen and oxygen atoms in total. The van der Waals surface area contributed by atoms with Gasteiger partial charge in [-0.05, 0) is 11.6 Å². The lowest BCUT2D eigenvalue weighted by Gasteiger charge is -2.31. The quantitative estimate of drug-likeness (QED) is 0.746. The lowest BCUT2D eigenvalue weighted by molar-refractivity contribution is -0.0551. The maximum Gasteiger partial charge on any atom is 0.123 e. The van der Waals surface area contributed by atoms with Crippen LogP contribution in [0.3, 0.4) is 0 Å². The van der Waals surface area contributed by atoms with Crippen molar-refractivity contribution in [2.24, 2.45) is 0 Å². The number of anilines is 1. The Morgan fingerprint density at radius 3 is 3.12 bits per heavy atom. The van der Waals surface area contributed by atoms with Gasteiger partial charge in [0, 0.05) is 25.8 Å². The van der Waals surface area contributed by atoms with Gasteiger partial charge >= 0.3 is 0 Å². The molecular formula is C11H17N3O2. The lowest BCUT2D eigenvalue weighted by atomic mass is 10.2. The number of rotatable bonds is 3. The normalized spacial score (nSPS) is 22.2. The second-order valence-electron chi connectivity index (χ2n) is 4.00. The van der Waals surface area contributed by atoms with E-state index in [9.17, 15) is 0 Å². The summed E-state index contributed by atoms with van der Waals surface area (Å²) < 4.78 is 5.39. The van der Waals surface area contributed by atoms with E-state index in [2.05, 4.69) is 9.88 Å². The number of ether oxygens (including phenoxy) is 1. The first kappa shape index (κ1) is 11.3. The SMILES string of the molecule is Nc1ccc(CN2CCO[C@H](CO)C2)cn1. The van der Waals surface area contributed by atoms with Crippen molar-refractivity contribution >= 4 is 5.82 Å². The minimum atomic E-state index is -0.0597. The summed E-state index contributed by atoms with van der Waals surface area (Å²) in [6, 6.07) is 3.78. The summed E-state index contributed by atoms with van der Waals surface area (Å²) in [5.41, 5.74) is 6.66. The van der Waals surface area contributed by atoms with Gasteiger partial charge in [-0.15, -0.1) is 0 Å². The second kappa shape index (κ2) is 5.25. The molecule has 2 rings (SSSR count). The topological polar surface area (TPSA) is 71.6 Å². The number of morpholine rings is 1. The van der Waals surface area contributed by atoms with Crippen LogP contribution < -0.4 is 5.73 Å². The number of aromatic nitrogens is 1. The van der Waals surface area contributed by atoms with Gasteiger partial charge in [0.25, 0.3) is 0 Å². The monoisotopic (exact) mass is 223 g/mol. The summed E-state index contributed by atoms with van der Waals surface area (Å²) in [4.78, 5) is 6.30. The fourth-order valence-electron chi connectivity index (χ4n) is 1.82. The number of aliphatic hydroxyl groups excluding tert-OH is 1. The molecule has 0 amide bonds. The highest BCUT2D eigenvalue weighted by Crippen LogP contribution is 2.10. The lowest BCUT2D eigenvalue weighted by Crippen LogP contribution is -2.43. The van der Waals surface area contributed by atoms with E-state index in [-0.39, 0.29) is 12.7 Å². The van der Waals surface area contributed by atoms with Crippen molar-refractivity contribution in [3.63, 3.8) is 0 Å². The zero-order valence-corrected chi connectivity index (χ0v) is 9.17. The van der Waals surface area contributed by atoms with E-state index in [1.54, 1.807) is 12.3 Å². The molecule has 1 atom stereocenters. The third-order valence-electron chi connectivity index (χ3n) is 2.68. The summed E-state index contributed by atoms with van der Waals surface area (Å²) in [6.07, 6.45) is 1.73. The van der Waals surface area contributed by atoms with Crippen LogP contribution in [0.2, 0.25) is 0 Å². The third-order valence-corrected chi connectivity index (χ3v) is 2.68. The van der Waals surface area contributed by atoms with E-state index in [1.165, 1.54) is 0 Å². The van der Waals surface area contributed by atoms with E-state index in [0.717, 1.165) is 25.2 Å². The number of pyridine rings is 1. The first-order chi connectivity index (χ1) is 7.78. The Morgan fingerprint density at radius 1 is 1.56 bits per heavy atom. The molecule has 0 aliphatic carbocycles. The molecule has 1 saturated heterocycles. The van der Waals surface area contributed by atoms with Crippen molar-refractivity contribution in [1.29, 1.82) is 0 Å². The zero-order chi connectivity index (χ0) is 11.4. The Kier molecular flexibility index (Phi) is 3.71. The molecular weight excluding hydrogens is 206 g/mol. The standard InChI is InChI=1S/C11H17N3O2/c12-11-2-1-9(5-13-11)6-14-3-4-16-10(7-14)8-15/h1-2,5,10,15H,3-4,6-8H2,(H2,12,13)/t10-/m0/s1. The fourth-order valence-corrected chi connectivity index (χ4v) is 1.82. The van der Waals surface area contributed by atoms with Gasteiger partial charge in [-0.2, -0.15) is 0 Å². The molecule has 88 valence electrons. The Hall–Kier alpha value is -1.17. The average molecular weight is 223 g/mol. The van der Waals surface area contributed by atoms with Gasteiger partial charge in [0.15, 0.2) is 0 Å². The van der Waals surface area contributed by atoms with Crippen LogP contribution in [0.5, 0.6) is 0 Å². The molecule has 0 bridgehead atoms. The first-order valence-electron chi connectivity index (χ1n) is 5.43. The maximum atomic E-state index is 9.03. The molecule has 0 unspecified atom stereocenters. The minimum absolute atomic E-state index is 0.0597. The van der Waals surface area contributed by atoms with Crippen LogP contribution in [0.1, 0.15) is 5.56 Å². The Labute approximate surface area is 94.8 Å². The highest BCUT2D eigenvalue weighted by atomic mass is 16.5.